The number of nitrogens with two attached hydrogens (primary N) is 1. The van der Waals surface area contributed by atoms with Gasteiger partial charge in [-0.1, -0.05) is 17.7 Å². The number of nitrogens with zero attached hydrogens (tertiary/aromatic N) is 1. The first kappa shape index (κ1) is 14.4. The van der Waals surface area contributed by atoms with Crippen LogP contribution in [-0.4, -0.2) is 29.6 Å². The molecule has 19 heavy (non-hydrogen) atoms. The van der Waals surface area contributed by atoms with Crippen molar-refractivity contribution in [2.24, 2.45) is 11.7 Å². The Bertz CT molecular complexity index is 417. The standard InChI is InChI=1S/C16H26N2O/c1-12-5-6-16(19)15(10-12)13(2)18-9-3-4-14(11-18)7-8-17/h5-6,10,13-14,19H,3-4,7-9,11,17H2,1-2H3. The van der Waals surface area contributed by atoms with E-state index in [1.807, 2.05) is 12.1 Å². The van der Waals surface area contributed by atoms with Gasteiger partial charge in [-0.15, -0.1) is 0 Å². The normalized spacial score (nSPS) is 22.4. The lowest BCUT2D eigenvalue weighted by molar-refractivity contribution is 0.127. The molecule has 3 nitrogen and oxygen atoms in total. The summed E-state index contributed by atoms with van der Waals surface area (Å²) in [4.78, 5) is 2.48. The monoisotopic (exact) mass is 262 g/mol. The Kier molecular flexibility index (Phi) is 4.83. The van der Waals surface area contributed by atoms with E-state index in [4.69, 9.17) is 5.73 Å². The van der Waals surface area contributed by atoms with Gasteiger partial charge in [-0.25, -0.2) is 0 Å². The van der Waals surface area contributed by atoms with Gasteiger partial charge in [0.2, 0.25) is 0 Å². The van der Waals surface area contributed by atoms with Gasteiger partial charge in [0.1, 0.15) is 5.75 Å². The van der Waals surface area contributed by atoms with Crippen molar-refractivity contribution < 1.29 is 5.11 Å². The molecule has 0 radical (unpaired) electrons. The molecule has 0 aromatic heterocycles. The van der Waals surface area contributed by atoms with Crippen molar-refractivity contribution in [1.82, 2.24) is 4.90 Å². The van der Waals surface area contributed by atoms with Gasteiger partial charge >= 0.3 is 0 Å². The van der Waals surface area contributed by atoms with Crippen LogP contribution in [0.2, 0.25) is 0 Å². The summed E-state index contributed by atoms with van der Waals surface area (Å²) in [6, 6.07) is 6.15. The molecule has 2 atom stereocenters. The maximum Gasteiger partial charge on any atom is 0.120 e. The minimum atomic E-state index is 0.278. The highest BCUT2D eigenvalue weighted by molar-refractivity contribution is 5.37. The molecule has 2 rings (SSSR count). The van der Waals surface area contributed by atoms with Crippen LogP contribution in [0.3, 0.4) is 0 Å². The number of hydrogen-bond acceptors (Lipinski definition) is 3. The molecule has 106 valence electrons. The van der Waals surface area contributed by atoms with E-state index in [-0.39, 0.29) is 6.04 Å². The second-order valence-electron chi connectivity index (χ2n) is 5.82. The Labute approximate surface area is 116 Å². The molecular formula is C16H26N2O. The number of phenolic OH excluding ortho intramolecular Hbond substituents is 1. The maximum absolute atomic E-state index is 10.1. The number of rotatable bonds is 4. The fourth-order valence-corrected chi connectivity index (χ4v) is 3.13. The third-order valence-corrected chi connectivity index (χ3v) is 4.31. The Morgan fingerprint density at radius 2 is 2.26 bits per heavy atom. The van der Waals surface area contributed by atoms with Crippen LogP contribution in [0.5, 0.6) is 5.75 Å². The average molecular weight is 262 g/mol. The van der Waals surface area contributed by atoms with Gasteiger partial charge in [-0.05, 0) is 58.2 Å². The SMILES string of the molecule is Cc1ccc(O)c(C(C)N2CCCC(CCN)C2)c1. The van der Waals surface area contributed by atoms with E-state index in [1.54, 1.807) is 0 Å². The van der Waals surface area contributed by atoms with Crippen molar-refractivity contribution in [1.29, 1.82) is 0 Å². The fourth-order valence-electron chi connectivity index (χ4n) is 3.13. The Morgan fingerprint density at radius 1 is 1.47 bits per heavy atom. The number of benzene rings is 1. The molecule has 0 aliphatic carbocycles. The maximum atomic E-state index is 10.1. The third kappa shape index (κ3) is 3.48. The van der Waals surface area contributed by atoms with Crippen LogP contribution in [0.4, 0.5) is 0 Å². The molecule has 1 heterocycles. The molecule has 0 spiro atoms. The quantitative estimate of drug-likeness (QED) is 0.877. The van der Waals surface area contributed by atoms with Gasteiger partial charge in [0, 0.05) is 18.2 Å². The highest BCUT2D eigenvalue weighted by atomic mass is 16.3. The summed E-state index contributed by atoms with van der Waals surface area (Å²) < 4.78 is 0. The molecule has 0 saturated carbocycles. The number of aromatic hydroxyl groups is 1. The van der Waals surface area contributed by atoms with Crippen molar-refractivity contribution in [3.05, 3.63) is 29.3 Å². The molecule has 1 aliphatic heterocycles. The van der Waals surface area contributed by atoms with Gasteiger partial charge in [0.15, 0.2) is 0 Å². The summed E-state index contributed by atoms with van der Waals surface area (Å²) in [5.41, 5.74) is 7.93. The van der Waals surface area contributed by atoms with Gasteiger partial charge in [0.25, 0.3) is 0 Å². The van der Waals surface area contributed by atoms with E-state index in [0.29, 0.717) is 11.7 Å². The molecule has 1 fully saturated rings. The zero-order chi connectivity index (χ0) is 13.8. The van der Waals surface area contributed by atoms with Crippen molar-refractivity contribution in [3.8, 4) is 5.75 Å². The fraction of sp³-hybridized carbons (Fsp3) is 0.625. The Morgan fingerprint density at radius 3 is 3.00 bits per heavy atom. The van der Waals surface area contributed by atoms with Crippen LogP contribution < -0.4 is 5.73 Å². The van der Waals surface area contributed by atoms with Crippen molar-refractivity contribution in [3.63, 3.8) is 0 Å². The van der Waals surface area contributed by atoms with E-state index in [2.05, 4.69) is 24.8 Å². The van der Waals surface area contributed by atoms with E-state index in [9.17, 15) is 5.11 Å². The predicted molar refractivity (Wildman–Crippen MR) is 79.2 cm³/mol. The zero-order valence-electron chi connectivity index (χ0n) is 12.1. The van der Waals surface area contributed by atoms with Crippen molar-refractivity contribution in [2.45, 2.75) is 39.2 Å². The lowest BCUT2D eigenvalue weighted by atomic mass is 9.92. The molecule has 1 aromatic rings. The van der Waals surface area contributed by atoms with E-state index in [1.165, 1.54) is 18.4 Å². The van der Waals surface area contributed by atoms with Gasteiger partial charge in [-0.2, -0.15) is 0 Å². The van der Waals surface area contributed by atoms with Crippen LogP contribution in [0.15, 0.2) is 18.2 Å². The molecule has 0 amide bonds. The van der Waals surface area contributed by atoms with E-state index in [0.717, 1.165) is 31.6 Å². The van der Waals surface area contributed by atoms with Crippen molar-refractivity contribution in [2.75, 3.05) is 19.6 Å². The molecule has 1 saturated heterocycles. The molecule has 3 heteroatoms. The highest BCUT2D eigenvalue weighted by Gasteiger charge is 2.25. The van der Waals surface area contributed by atoms with Crippen LogP contribution in [0, 0.1) is 12.8 Å². The summed E-state index contributed by atoms with van der Waals surface area (Å²) >= 11 is 0. The number of phenols is 1. The molecule has 2 unspecified atom stereocenters. The van der Waals surface area contributed by atoms with Crippen LogP contribution >= 0.6 is 0 Å². The summed E-state index contributed by atoms with van der Waals surface area (Å²) in [5, 5.41) is 10.1. The second kappa shape index (κ2) is 6.40. The lowest BCUT2D eigenvalue weighted by Crippen LogP contribution is -2.37. The number of piperidine rings is 1. The van der Waals surface area contributed by atoms with E-state index < -0.39 is 0 Å². The van der Waals surface area contributed by atoms with Crippen molar-refractivity contribution >= 4 is 0 Å². The van der Waals surface area contributed by atoms with Crippen LogP contribution in [0.1, 0.15) is 43.4 Å². The summed E-state index contributed by atoms with van der Waals surface area (Å²) in [7, 11) is 0. The first-order valence-corrected chi connectivity index (χ1v) is 7.35. The van der Waals surface area contributed by atoms with E-state index >= 15 is 0 Å². The molecule has 1 aromatic carbocycles. The lowest BCUT2D eigenvalue weighted by Gasteiger charge is -2.37. The minimum absolute atomic E-state index is 0.278. The molecule has 1 aliphatic rings. The molecule has 3 N–H and O–H groups in total. The van der Waals surface area contributed by atoms with Crippen LogP contribution in [0.25, 0.3) is 0 Å². The summed E-state index contributed by atoms with van der Waals surface area (Å²) in [6.45, 7) is 7.27. The first-order chi connectivity index (χ1) is 9.11. The smallest absolute Gasteiger partial charge is 0.120 e. The summed E-state index contributed by atoms with van der Waals surface area (Å²) in [6.07, 6.45) is 3.64. The second-order valence-corrected chi connectivity index (χ2v) is 5.82. The number of aryl methyl sites for hydroxylation is 1. The summed E-state index contributed by atoms with van der Waals surface area (Å²) in [5.74, 6) is 1.13. The topological polar surface area (TPSA) is 49.5 Å². The molecular weight excluding hydrogens is 236 g/mol. The number of likely N-dealkylation sites (tertiary alicyclic amines) is 1. The Hall–Kier alpha value is -1.06. The third-order valence-electron chi connectivity index (χ3n) is 4.31. The first-order valence-electron chi connectivity index (χ1n) is 7.35. The Balaban J connectivity index is 2.10. The van der Waals surface area contributed by atoms with Gasteiger partial charge < -0.3 is 10.8 Å². The van der Waals surface area contributed by atoms with Gasteiger partial charge in [0.05, 0.1) is 0 Å². The predicted octanol–water partition coefficient (Wildman–Crippen LogP) is 2.82. The zero-order valence-corrected chi connectivity index (χ0v) is 12.1. The minimum Gasteiger partial charge on any atom is -0.508 e. The average Bonchev–Trinajstić information content (AvgIpc) is 2.41. The molecule has 0 bridgehead atoms. The van der Waals surface area contributed by atoms with Crippen LogP contribution in [-0.2, 0) is 0 Å². The van der Waals surface area contributed by atoms with Gasteiger partial charge in [-0.3, -0.25) is 4.90 Å². The highest BCUT2D eigenvalue weighted by Crippen LogP contribution is 2.32. The largest absolute Gasteiger partial charge is 0.508 e. The number of hydrogen-bond donors (Lipinski definition) is 2.